The molecule has 0 nitrogen and oxygen atoms in total. The molecule has 14 aliphatic rings. The average Bonchev–Trinajstić information content (AvgIpc) is 0.909. The topological polar surface area (TPSA) is 0 Å². The van der Waals surface area contributed by atoms with Gasteiger partial charge in [-0.1, -0.05) is 327 Å². The van der Waals surface area contributed by atoms with E-state index in [-0.39, 0.29) is 17.1 Å². The SMILES string of the molecule is CC1=CCC(C2CCC(C)CC2)CC1.CC1CC=C(C2CCC(C)CC2)CC1.CC1CCC(C2CCC(C)CC2)CC1.CC1CCC(C2CCC(C)CC2)CC1.CC1CCC(C2CCC(C)CC2)CC1.CC1CCC(C2CCC(C)CC2)CC1.Cc1ccc(C2CCC(C)CC2)cc1.Cc1ccc(C2CCC(C)CC2)cc1.[HH].[HH].[HH].[HH].[HH].[HH].[HH].[HH].[HH].[HH].[HH].[HH]. The number of benzene rings is 2. The summed E-state index contributed by atoms with van der Waals surface area (Å²) in [5.74, 6) is 26.7. The molecule has 2 aromatic rings. The van der Waals surface area contributed by atoms with Gasteiger partial charge in [0.05, 0.1) is 0 Å². The maximum absolute atomic E-state index is 2.56. The molecule has 112 heavy (non-hydrogen) atoms. The van der Waals surface area contributed by atoms with Crippen molar-refractivity contribution in [1.29, 1.82) is 0 Å². The summed E-state index contributed by atoms with van der Waals surface area (Å²) in [6, 6.07) is 18.2. The van der Waals surface area contributed by atoms with Crippen LogP contribution >= 0.6 is 0 Å². The summed E-state index contributed by atoms with van der Waals surface area (Å²) in [5.41, 5.74) is 9.31. The molecule has 0 spiro atoms. The molecule has 12 saturated carbocycles. The minimum absolute atomic E-state index is 0. The predicted molar refractivity (Wildman–Crippen MR) is 522 cm³/mol. The van der Waals surface area contributed by atoms with Crippen molar-refractivity contribution in [2.45, 2.75) is 469 Å². The van der Waals surface area contributed by atoms with Crippen LogP contribution in [0.5, 0.6) is 0 Å². The zero-order valence-corrected chi connectivity index (χ0v) is 78.0. The zero-order chi connectivity index (χ0) is 79.7. The van der Waals surface area contributed by atoms with Crippen molar-refractivity contribution >= 4 is 0 Å². The predicted octanol–water partition coefficient (Wildman–Crippen LogP) is 39.2. The van der Waals surface area contributed by atoms with Gasteiger partial charge in [0, 0.05) is 17.1 Å². The Bertz CT molecular complexity index is 2480. The molecule has 2 aromatic carbocycles. The van der Waals surface area contributed by atoms with Crippen molar-refractivity contribution in [2.24, 2.45) is 142 Å². The van der Waals surface area contributed by atoms with E-state index in [4.69, 9.17) is 0 Å². The van der Waals surface area contributed by atoms with Crippen molar-refractivity contribution in [3.8, 4) is 0 Å². The molecule has 2 unspecified atom stereocenters. The van der Waals surface area contributed by atoms with E-state index in [1.54, 1.807) is 119 Å². The standard InChI is InChI=1S/4C14H26.2C14H24.2C14H20.12H2/c8*1-11-3-7-13(8-4-11)14-9-5-12(2)6-10-14;;;;;;;;;;;;/h4*11-14H,3-10H2,1-2H3;7,11-12,14H,3-6,8-10H2,1-2H3;3,12-14H,4-10H2,1-2H3;2*3-4,7-8,12,14H,5-6,9-10H2,1-2H3;12*1H. The lowest BCUT2D eigenvalue weighted by Crippen LogP contribution is -2.24. The van der Waals surface area contributed by atoms with Crippen molar-refractivity contribution in [3.63, 3.8) is 0 Å². The first-order chi connectivity index (χ1) is 54.0. The largest absolute Gasteiger partial charge is 0.0853 e. The molecule has 0 saturated heterocycles. The lowest BCUT2D eigenvalue weighted by Gasteiger charge is -2.36. The van der Waals surface area contributed by atoms with E-state index in [1.807, 2.05) is 5.57 Å². The second-order valence-corrected chi connectivity index (χ2v) is 45.1. The first-order valence-corrected chi connectivity index (χ1v) is 51.5. The van der Waals surface area contributed by atoms with Gasteiger partial charge in [-0.3, -0.25) is 0 Å². The average molecular weight is 1560 g/mol. The van der Waals surface area contributed by atoms with Crippen LogP contribution in [-0.4, -0.2) is 0 Å². The van der Waals surface area contributed by atoms with Gasteiger partial charge in [-0.05, 0) is 378 Å². The van der Waals surface area contributed by atoms with Gasteiger partial charge < -0.3 is 0 Å². The van der Waals surface area contributed by atoms with Crippen LogP contribution in [-0.2, 0) is 0 Å². The monoisotopic (exact) mass is 1560 g/mol. The normalized spacial score (nSPS) is 39.2. The minimum Gasteiger partial charge on any atom is -0.0853 e. The molecular weight excluding hydrogens is 1350 g/mol. The van der Waals surface area contributed by atoms with Crippen LogP contribution in [0.2, 0.25) is 0 Å². The van der Waals surface area contributed by atoms with Crippen molar-refractivity contribution in [1.82, 2.24) is 0 Å². The van der Waals surface area contributed by atoms with Crippen LogP contribution in [0.15, 0.2) is 71.8 Å². The van der Waals surface area contributed by atoms with Gasteiger partial charge in [-0.25, -0.2) is 0 Å². The van der Waals surface area contributed by atoms with E-state index >= 15 is 0 Å². The Hall–Kier alpha value is -2.08. The number of hydrogen-bond acceptors (Lipinski definition) is 0. The van der Waals surface area contributed by atoms with Crippen LogP contribution in [0.3, 0.4) is 0 Å². The van der Waals surface area contributed by atoms with E-state index < -0.39 is 0 Å². The zero-order valence-electron chi connectivity index (χ0n) is 78.0. The van der Waals surface area contributed by atoms with Crippen molar-refractivity contribution in [3.05, 3.63) is 94.1 Å². The van der Waals surface area contributed by atoms with Gasteiger partial charge >= 0.3 is 0 Å². The third-order valence-corrected chi connectivity index (χ3v) is 34.9. The summed E-state index contributed by atoms with van der Waals surface area (Å²) < 4.78 is 0. The van der Waals surface area contributed by atoms with Crippen LogP contribution in [0.1, 0.15) is 495 Å². The molecule has 0 heterocycles. The van der Waals surface area contributed by atoms with Gasteiger partial charge in [-0.15, -0.1) is 0 Å². The van der Waals surface area contributed by atoms with Crippen LogP contribution in [0, 0.1) is 156 Å². The smallest absolute Gasteiger partial charge is 0 e. The highest BCUT2D eigenvalue weighted by Gasteiger charge is 2.34. The third kappa shape index (κ3) is 34.2. The van der Waals surface area contributed by atoms with Crippen molar-refractivity contribution < 1.29 is 17.1 Å². The molecule has 0 heteroatoms. The Morgan fingerprint density at radius 2 is 0.384 bits per heavy atom. The molecule has 14 aliphatic carbocycles. The summed E-state index contributed by atoms with van der Waals surface area (Å²) in [5, 5.41) is 0. The van der Waals surface area contributed by atoms with Gasteiger partial charge in [0.15, 0.2) is 0 Å². The molecule has 0 N–H and O–H groups in total. The number of hydrogen-bond donors (Lipinski definition) is 0. The van der Waals surface area contributed by atoms with E-state index in [0.717, 1.165) is 154 Å². The van der Waals surface area contributed by atoms with Gasteiger partial charge in [-0.2, -0.15) is 0 Å². The third-order valence-electron chi connectivity index (χ3n) is 34.9. The Morgan fingerprint density at radius 3 is 0.580 bits per heavy atom. The van der Waals surface area contributed by atoms with Crippen LogP contribution < -0.4 is 0 Å². The number of rotatable bonds is 8. The first kappa shape index (κ1) is 93.8. The Kier molecular flexibility index (Phi) is 42.6. The number of aryl methyl sites for hydroxylation is 2. The van der Waals surface area contributed by atoms with Gasteiger partial charge in [0.1, 0.15) is 0 Å². The molecular formula is C112H216. The molecule has 0 radical (unpaired) electrons. The summed E-state index contributed by atoms with van der Waals surface area (Å²) in [7, 11) is 0. The number of allylic oxidation sites excluding steroid dienone is 4. The summed E-state index contributed by atoms with van der Waals surface area (Å²) in [4.78, 5) is 0. The van der Waals surface area contributed by atoms with Gasteiger partial charge in [0.25, 0.3) is 0 Å². The lowest BCUT2D eigenvalue weighted by atomic mass is 9.70. The minimum atomic E-state index is 0. The Labute approximate surface area is 718 Å². The van der Waals surface area contributed by atoms with Crippen LogP contribution in [0.25, 0.3) is 0 Å². The quantitative estimate of drug-likeness (QED) is 0.231. The Balaban J connectivity index is -0.000000655. The molecule has 0 aliphatic heterocycles. The van der Waals surface area contributed by atoms with E-state index in [1.165, 1.54) is 255 Å². The fraction of sp³-hybridized carbons (Fsp3) is 0.857. The van der Waals surface area contributed by atoms with E-state index in [0.29, 0.717) is 0 Å². The van der Waals surface area contributed by atoms with E-state index in [9.17, 15) is 0 Å². The highest BCUT2D eigenvalue weighted by atomic mass is 14.4. The van der Waals surface area contributed by atoms with E-state index in [2.05, 4.69) is 171 Å². The molecule has 2 atom stereocenters. The van der Waals surface area contributed by atoms with Crippen molar-refractivity contribution in [2.75, 3.05) is 0 Å². The molecule has 0 aromatic heterocycles. The van der Waals surface area contributed by atoms with Gasteiger partial charge in [0.2, 0.25) is 0 Å². The first-order valence-electron chi connectivity index (χ1n) is 51.5. The molecule has 16 rings (SSSR count). The highest BCUT2D eigenvalue weighted by Crippen LogP contribution is 2.48. The fourth-order valence-electron chi connectivity index (χ4n) is 25.1. The maximum atomic E-state index is 2.56. The summed E-state index contributed by atoms with van der Waals surface area (Å²) in [6.45, 7) is 38.0. The second-order valence-electron chi connectivity index (χ2n) is 45.1. The highest BCUT2D eigenvalue weighted by molar-refractivity contribution is 5.26. The summed E-state index contributed by atoms with van der Waals surface area (Å²) in [6.07, 6.45) is 85.4. The molecule has 0 amide bonds. The maximum Gasteiger partial charge on any atom is 0 e. The molecule has 0 bridgehead atoms. The summed E-state index contributed by atoms with van der Waals surface area (Å²) >= 11 is 0. The molecule has 664 valence electrons. The van der Waals surface area contributed by atoms with Crippen LogP contribution in [0.4, 0.5) is 0 Å². The molecule has 12 fully saturated rings. The Morgan fingerprint density at radius 1 is 0.179 bits per heavy atom. The lowest BCUT2D eigenvalue weighted by molar-refractivity contribution is 0.155. The second kappa shape index (κ2) is 50.9. The fourth-order valence-corrected chi connectivity index (χ4v) is 25.1.